The fourth-order valence-corrected chi connectivity index (χ4v) is 4.03. The Morgan fingerprint density at radius 2 is 2.04 bits per heavy atom. The van der Waals surface area contributed by atoms with Crippen LogP contribution in [0.1, 0.15) is 37.3 Å². The minimum absolute atomic E-state index is 0.291. The van der Waals surface area contributed by atoms with Gasteiger partial charge in [0.15, 0.2) is 0 Å². The molecule has 2 amide bonds. The molecule has 1 aromatic carbocycles. The fraction of sp³-hybridized carbons (Fsp3) is 0.611. The monoisotopic (exact) mass is 335 g/mol. The summed E-state index contributed by atoms with van der Waals surface area (Å²) in [5, 5.41) is 3.76. The normalized spacial score (nSPS) is 17.3. The van der Waals surface area contributed by atoms with Crippen LogP contribution in [0.4, 0.5) is 4.79 Å². The molecule has 1 aliphatic heterocycles. The lowest BCUT2D eigenvalue weighted by atomic mass is 10.0. The molecular weight excluding hydrogens is 306 g/mol. The van der Waals surface area contributed by atoms with Gasteiger partial charge in [0.1, 0.15) is 0 Å². The van der Waals surface area contributed by atoms with Crippen molar-refractivity contribution in [3.05, 3.63) is 29.3 Å². The molecule has 1 aliphatic rings. The average Bonchev–Trinajstić information content (AvgIpc) is 2.55. The van der Waals surface area contributed by atoms with Gasteiger partial charge in [-0.05, 0) is 56.4 Å². The number of nitrogens with zero attached hydrogens (tertiary/aromatic N) is 1. The van der Waals surface area contributed by atoms with Crippen LogP contribution in [0.15, 0.2) is 23.1 Å². The van der Waals surface area contributed by atoms with E-state index in [2.05, 4.69) is 44.3 Å². The number of benzene rings is 1. The SMILES string of the molecule is CC[C@@H](CSc1ccc(C)c(C)c1)NC1CCN(C(N)=O)CC1. The molecule has 1 aromatic rings. The Bertz CT molecular complexity index is 527. The van der Waals surface area contributed by atoms with Crippen molar-refractivity contribution in [2.24, 2.45) is 5.73 Å². The molecule has 0 unspecified atom stereocenters. The van der Waals surface area contributed by atoms with Gasteiger partial charge in [-0.3, -0.25) is 0 Å². The molecule has 5 heteroatoms. The Hall–Kier alpha value is -1.20. The van der Waals surface area contributed by atoms with Crippen LogP contribution < -0.4 is 11.1 Å². The van der Waals surface area contributed by atoms with E-state index in [9.17, 15) is 4.79 Å². The topological polar surface area (TPSA) is 58.4 Å². The van der Waals surface area contributed by atoms with Crippen molar-refractivity contribution in [2.45, 2.75) is 57.0 Å². The van der Waals surface area contributed by atoms with Gasteiger partial charge < -0.3 is 16.0 Å². The number of hydrogen-bond acceptors (Lipinski definition) is 3. The third kappa shape index (κ3) is 5.43. The fourth-order valence-electron chi connectivity index (χ4n) is 2.88. The van der Waals surface area contributed by atoms with Crippen LogP contribution in [0.5, 0.6) is 0 Å². The van der Waals surface area contributed by atoms with Crippen molar-refractivity contribution in [3.8, 4) is 0 Å². The first-order valence-electron chi connectivity index (χ1n) is 8.50. The van der Waals surface area contributed by atoms with Gasteiger partial charge in [-0.25, -0.2) is 4.79 Å². The molecular formula is C18H29N3OS. The Balaban J connectivity index is 1.79. The first-order valence-corrected chi connectivity index (χ1v) is 9.48. The number of primary amides is 1. The van der Waals surface area contributed by atoms with Crippen LogP contribution >= 0.6 is 11.8 Å². The number of carbonyl (C=O) groups excluding carboxylic acids is 1. The van der Waals surface area contributed by atoms with Crippen molar-refractivity contribution in [1.29, 1.82) is 0 Å². The Morgan fingerprint density at radius 3 is 2.61 bits per heavy atom. The number of rotatable bonds is 6. The number of aryl methyl sites for hydroxylation is 2. The zero-order valence-corrected chi connectivity index (χ0v) is 15.3. The van der Waals surface area contributed by atoms with Gasteiger partial charge in [-0.15, -0.1) is 11.8 Å². The van der Waals surface area contributed by atoms with E-state index < -0.39 is 0 Å². The summed E-state index contributed by atoms with van der Waals surface area (Å²) in [6.07, 6.45) is 3.11. The summed E-state index contributed by atoms with van der Waals surface area (Å²) in [5.74, 6) is 1.08. The highest BCUT2D eigenvalue weighted by molar-refractivity contribution is 7.99. The van der Waals surface area contributed by atoms with Crippen LogP contribution in [0.3, 0.4) is 0 Å². The van der Waals surface area contributed by atoms with E-state index in [1.54, 1.807) is 4.90 Å². The summed E-state index contributed by atoms with van der Waals surface area (Å²) < 4.78 is 0. The number of piperidine rings is 1. The second kappa shape index (κ2) is 8.60. The summed E-state index contributed by atoms with van der Waals surface area (Å²) in [6, 6.07) is 7.40. The highest BCUT2D eigenvalue weighted by Crippen LogP contribution is 2.23. The molecule has 0 aromatic heterocycles. The molecule has 0 bridgehead atoms. The van der Waals surface area contributed by atoms with Crippen LogP contribution in [-0.2, 0) is 0 Å². The maximum absolute atomic E-state index is 11.2. The predicted molar refractivity (Wildman–Crippen MR) is 98.0 cm³/mol. The lowest BCUT2D eigenvalue weighted by Gasteiger charge is -2.33. The number of urea groups is 1. The number of nitrogens with two attached hydrogens (primary N) is 1. The highest BCUT2D eigenvalue weighted by Gasteiger charge is 2.22. The summed E-state index contributed by atoms with van der Waals surface area (Å²) in [6.45, 7) is 8.10. The first kappa shape index (κ1) is 18.1. The summed E-state index contributed by atoms with van der Waals surface area (Å²) in [4.78, 5) is 14.3. The third-order valence-electron chi connectivity index (χ3n) is 4.70. The van der Waals surface area contributed by atoms with E-state index in [0.717, 1.165) is 38.1 Å². The van der Waals surface area contributed by atoms with E-state index >= 15 is 0 Å². The van der Waals surface area contributed by atoms with Crippen molar-refractivity contribution in [3.63, 3.8) is 0 Å². The molecule has 1 saturated heterocycles. The number of hydrogen-bond donors (Lipinski definition) is 2. The average molecular weight is 336 g/mol. The maximum Gasteiger partial charge on any atom is 0.314 e. The molecule has 0 aliphatic carbocycles. The molecule has 0 radical (unpaired) electrons. The molecule has 0 saturated carbocycles. The van der Waals surface area contributed by atoms with Crippen LogP contribution in [0.2, 0.25) is 0 Å². The zero-order chi connectivity index (χ0) is 16.8. The Labute approximate surface area is 144 Å². The van der Waals surface area contributed by atoms with Gasteiger partial charge in [0, 0.05) is 35.8 Å². The van der Waals surface area contributed by atoms with E-state index in [1.165, 1.54) is 16.0 Å². The molecule has 1 fully saturated rings. The Morgan fingerprint density at radius 1 is 1.35 bits per heavy atom. The van der Waals surface area contributed by atoms with Crippen molar-refractivity contribution >= 4 is 17.8 Å². The second-order valence-corrected chi connectivity index (χ2v) is 7.52. The third-order valence-corrected chi connectivity index (χ3v) is 5.86. The summed E-state index contributed by atoms with van der Waals surface area (Å²) >= 11 is 1.92. The largest absolute Gasteiger partial charge is 0.351 e. The number of likely N-dealkylation sites (tertiary alicyclic amines) is 1. The van der Waals surface area contributed by atoms with E-state index in [0.29, 0.717) is 12.1 Å². The van der Waals surface area contributed by atoms with Crippen molar-refractivity contribution < 1.29 is 4.79 Å². The van der Waals surface area contributed by atoms with E-state index in [4.69, 9.17) is 5.73 Å². The van der Waals surface area contributed by atoms with Gasteiger partial charge >= 0.3 is 6.03 Å². The lowest BCUT2D eigenvalue weighted by molar-refractivity contribution is 0.183. The molecule has 128 valence electrons. The summed E-state index contributed by atoms with van der Waals surface area (Å²) in [5.41, 5.74) is 8.04. The van der Waals surface area contributed by atoms with Gasteiger partial charge in [-0.1, -0.05) is 13.0 Å². The maximum atomic E-state index is 11.2. The smallest absolute Gasteiger partial charge is 0.314 e. The van der Waals surface area contributed by atoms with E-state index in [-0.39, 0.29) is 6.03 Å². The van der Waals surface area contributed by atoms with Gasteiger partial charge in [0.25, 0.3) is 0 Å². The molecule has 1 heterocycles. The van der Waals surface area contributed by atoms with Crippen LogP contribution in [0.25, 0.3) is 0 Å². The van der Waals surface area contributed by atoms with Gasteiger partial charge in [0.2, 0.25) is 0 Å². The summed E-state index contributed by atoms with van der Waals surface area (Å²) in [7, 11) is 0. The molecule has 23 heavy (non-hydrogen) atoms. The minimum atomic E-state index is -0.291. The molecule has 1 atom stereocenters. The van der Waals surface area contributed by atoms with Crippen LogP contribution in [-0.4, -0.2) is 41.9 Å². The molecule has 2 rings (SSSR count). The standard InChI is InChI=1S/C18H29N3OS/c1-4-15(12-23-17-6-5-13(2)14(3)11-17)20-16-7-9-21(10-8-16)18(19)22/h5-6,11,15-16,20H,4,7-10,12H2,1-3H3,(H2,19,22)/t15-/m0/s1. The Kier molecular flexibility index (Phi) is 6.78. The number of thioether (sulfide) groups is 1. The number of nitrogens with one attached hydrogen (secondary N) is 1. The molecule has 3 N–H and O–H groups in total. The van der Waals surface area contributed by atoms with E-state index in [1.807, 2.05) is 11.8 Å². The molecule has 4 nitrogen and oxygen atoms in total. The molecule has 0 spiro atoms. The first-order chi connectivity index (χ1) is 11.0. The lowest BCUT2D eigenvalue weighted by Crippen LogP contribution is -2.49. The second-order valence-electron chi connectivity index (χ2n) is 6.43. The predicted octanol–water partition coefficient (Wildman–Crippen LogP) is 3.31. The number of amides is 2. The van der Waals surface area contributed by atoms with Gasteiger partial charge in [0.05, 0.1) is 0 Å². The zero-order valence-electron chi connectivity index (χ0n) is 14.5. The van der Waals surface area contributed by atoms with Gasteiger partial charge in [-0.2, -0.15) is 0 Å². The minimum Gasteiger partial charge on any atom is -0.351 e. The quantitative estimate of drug-likeness (QED) is 0.784. The highest BCUT2D eigenvalue weighted by atomic mass is 32.2. The van der Waals surface area contributed by atoms with Crippen LogP contribution in [0, 0.1) is 13.8 Å². The van der Waals surface area contributed by atoms with Crippen molar-refractivity contribution in [1.82, 2.24) is 10.2 Å². The van der Waals surface area contributed by atoms with Crippen molar-refractivity contribution in [2.75, 3.05) is 18.8 Å². The number of carbonyl (C=O) groups is 1.